The predicted octanol–water partition coefficient (Wildman–Crippen LogP) is 4.65. The molecule has 0 saturated carbocycles. The van der Waals surface area contributed by atoms with Crippen molar-refractivity contribution in [1.82, 2.24) is 0 Å². The van der Waals surface area contributed by atoms with Crippen molar-refractivity contribution in [3.05, 3.63) is 48.5 Å². The van der Waals surface area contributed by atoms with Gasteiger partial charge in [-0.05, 0) is 80.6 Å². The van der Waals surface area contributed by atoms with Gasteiger partial charge in [-0.2, -0.15) is 0 Å². The highest BCUT2D eigenvalue weighted by molar-refractivity contribution is 5.42. The minimum absolute atomic E-state index is 0.256. The van der Waals surface area contributed by atoms with E-state index in [1.807, 2.05) is 48.5 Å². The van der Waals surface area contributed by atoms with E-state index in [0.29, 0.717) is 0 Å². The molecule has 4 nitrogen and oxygen atoms in total. The fraction of sp³-hybridized carbons (Fsp3) is 0.400. The molecule has 0 radical (unpaired) electrons. The van der Waals surface area contributed by atoms with Gasteiger partial charge in [-0.25, -0.2) is 0 Å². The Bertz CT molecular complexity index is 582. The van der Waals surface area contributed by atoms with Crippen LogP contribution in [0.25, 0.3) is 0 Å². The average molecular weight is 328 g/mol. The number of unbranched alkanes of at least 4 members (excludes halogenated alkanes) is 2. The van der Waals surface area contributed by atoms with Crippen LogP contribution >= 0.6 is 0 Å². The summed E-state index contributed by atoms with van der Waals surface area (Å²) in [7, 11) is 0. The van der Waals surface area contributed by atoms with Crippen LogP contribution in [-0.4, -0.2) is 12.7 Å². The van der Waals surface area contributed by atoms with Gasteiger partial charge >= 0.3 is 0 Å². The van der Waals surface area contributed by atoms with Crippen LogP contribution in [0.3, 0.4) is 0 Å². The molecule has 4 N–H and O–H groups in total. The van der Waals surface area contributed by atoms with E-state index in [4.69, 9.17) is 20.9 Å². The molecule has 2 aromatic carbocycles. The third-order valence-corrected chi connectivity index (χ3v) is 3.96. The number of nitrogen functional groups attached to an aromatic ring is 2. The lowest BCUT2D eigenvalue weighted by atomic mass is 10.1. The molecule has 0 aromatic heterocycles. The van der Waals surface area contributed by atoms with Crippen molar-refractivity contribution >= 4 is 11.4 Å². The highest BCUT2D eigenvalue weighted by Crippen LogP contribution is 2.19. The molecule has 0 fully saturated rings. The van der Waals surface area contributed by atoms with Gasteiger partial charge in [0.25, 0.3) is 0 Å². The summed E-state index contributed by atoms with van der Waals surface area (Å²) in [6.07, 6.45) is 5.64. The minimum atomic E-state index is 0.256. The Morgan fingerprint density at radius 1 is 0.792 bits per heavy atom. The first-order chi connectivity index (χ1) is 11.7. The first-order valence-corrected chi connectivity index (χ1v) is 8.68. The summed E-state index contributed by atoms with van der Waals surface area (Å²) in [5.41, 5.74) is 12.9. The van der Waals surface area contributed by atoms with E-state index in [0.717, 1.165) is 61.6 Å². The zero-order chi connectivity index (χ0) is 17.2. The van der Waals surface area contributed by atoms with E-state index in [1.165, 1.54) is 0 Å². The maximum Gasteiger partial charge on any atom is 0.119 e. The Morgan fingerprint density at radius 2 is 1.38 bits per heavy atom. The first kappa shape index (κ1) is 18.0. The Balaban J connectivity index is 1.59. The van der Waals surface area contributed by atoms with E-state index >= 15 is 0 Å². The van der Waals surface area contributed by atoms with E-state index in [1.54, 1.807) is 0 Å². The quantitative estimate of drug-likeness (QED) is 0.492. The summed E-state index contributed by atoms with van der Waals surface area (Å²) in [5, 5.41) is 0. The number of rotatable bonds is 10. The summed E-state index contributed by atoms with van der Waals surface area (Å²) in [6.45, 7) is 2.89. The van der Waals surface area contributed by atoms with Crippen LogP contribution in [0.2, 0.25) is 0 Å². The molecular weight excluding hydrogens is 300 g/mol. The molecule has 2 rings (SSSR count). The summed E-state index contributed by atoms with van der Waals surface area (Å²) in [4.78, 5) is 0. The Morgan fingerprint density at radius 3 is 1.96 bits per heavy atom. The second-order valence-corrected chi connectivity index (χ2v) is 5.98. The van der Waals surface area contributed by atoms with Crippen LogP contribution in [0.4, 0.5) is 11.4 Å². The molecule has 0 spiro atoms. The van der Waals surface area contributed by atoms with Crippen LogP contribution in [0.5, 0.6) is 11.5 Å². The molecule has 0 amide bonds. The van der Waals surface area contributed by atoms with Crippen molar-refractivity contribution in [3.63, 3.8) is 0 Å². The fourth-order valence-corrected chi connectivity index (χ4v) is 2.49. The molecule has 2 aromatic rings. The summed E-state index contributed by atoms with van der Waals surface area (Å²) >= 11 is 0. The number of benzene rings is 2. The second-order valence-electron chi connectivity index (χ2n) is 5.98. The zero-order valence-electron chi connectivity index (χ0n) is 14.4. The van der Waals surface area contributed by atoms with Crippen molar-refractivity contribution in [1.29, 1.82) is 0 Å². The van der Waals surface area contributed by atoms with Gasteiger partial charge in [-0.1, -0.05) is 6.92 Å². The number of nitrogens with two attached hydrogens (primary N) is 2. The molecule has 0 aliphatic rings. The SMILES string of the molecule is CCC(CCCCCOc1ccc(N)cc1)Oc1ccc(N)cc1. The van der Waals surface area contributed by atoms with Gasteiger partial charge in [0.2, 0.25) is 0 Å². The molecular formula is C20H28N2O2. The van der Waals surface area contributed by atoms with E-state index < -0.39 is 0 Å². The lowest BCUT2D eigenvalue weighted by molar-refractivity contribution is 0.181. The van der Waals surface area contributed by atoms with Crippen molar-refractivity contribution in [2.45, 2.75) is 45.1 Å². The van der Waals surface area contributed by atoms with Gasteiger partial charge in [0.15, 0.2) is 0 Å². The number of anilines is 2. The number of hydrogen-bond acceptors (Lipinski definition) is 4. The van der Waals surface area contributed by atoms with Crippen LogP contribution in [-0.2, 0) is 0 Å². The molecule has 0 saturated heterocycles. The molecule has 0 bridgehead atoms. The predicted molar refractivity (Wildman–Crippen MR) is 100 cm³/mol. The highest BCUT2D eigenvalue weighted by Gasteiger charge is 2.08. The van der Waals surface area contributed by atoms with Gasteiger partial charge in [0.1, 0.15) is 11.5 Å². The van der Waals surface area contributed by atoms with Gasteiger partial charge in [-0.3, -0.25) is 0 Å². The molecule has 0 aliphatic carbocycles. The van der Waals surface area contributed by atoms with E-state index in [-0.39, 0.29) is 6.10 Å². The van der Waals surface area contributed by atoms with Gasteiger partial charge < -0.3 is 20.9 Å². The molecule has 1 unspecified atom stereocenters. The maximum absolute atomic E-state index is 6.01. The van der Waals surface area contributed by atoms with Gasteiger partial charge in [-0.15, -0.1) is 0 Å². The molecule has 0 aliphatic heterocycles. The van der Waals surface area contributed by atoms with Crippen molar-refractivity contribution < 1.29 is 9.47 Å². The standard InChI is InChI=1S/C20H28N2O2/c1-2-18(24-20-13-9-17(22)10-14-20)6-4-3-5-15-23-19-11-7-16(21)8-12-19/h7-14,18H,2-6,15,21-22H2,1H3. The van der Waals surface area contributed by atoms with Crippen LogP contribution in [0.1, 0.15) is 39.0 Å². The van der Waals surface area contributed by atoms with Crippen molar-refractivity contribution in [2.24, 2.45) is 0 Å². The van der Waals surface area contributed by atoms with Crippen molar-refractivity contribution in [2.75, 3.05) is 18.1 Å². The monoisotopic (exact) mass is 328 g/mol. The Labute approximate surface area is 144 Å². The first-order valence-electron chi connectivity index (χ1n) is 8.68. The molecule has 1 atom stereocenters. The molecule has 24 heavy (non-hydrogen) atoms. The largest absolute Gasteiger partial charge is 0.494 e. The normalized spacial score (nSPS) is 11.9. The zero-order valence-corrected chi connectivity index (χ0v) is 14.4. The second kappa shape index (κ2) is 9.71. The maximum atomic E-state index is 6.01. The third kappa shape index (κ3) is 6.41. The third-order valence-electron chi connectivity index (χ3n) is 3.96. The fourth-order valence-electron chi connectivity index (χ4n) is 2.49. The van der Waals surface area contributed by atoms with Crippen molar-refractivity contribution in [3.8, 4) is 11.5 Å². The summed E-state index contributed by atoms with van der Waals surface area (Å²) in [6, 6.07) is 15.1. The number of hydrogen-bond donors (Lipinski definition) is 2. The molecule has 4 heteroatoms. The summed E-state index contributed by atoms with van der Waals surface area (Å²) in [5.74, 6) is 1.77. The van der Waals surface area contributed by atoms with E-state index in [9.17, 15) is 0 Å². The Hall–Kier alpha value is -2.36. The number of ether oxygens (including phenoxy) is 2. The van der Waals surface area contributed by atoms with Crippen LogP contribution in [0.15, 0.2) is 48.5 Å². The molecule has 130 valence electrons. The smallest absolute Gasteiger partial charge is 0.119 e. The van der Waals surface area contributed by atoms with Gasteiger partial charge in [0.05, 0.1) is 12.7 Å². The molecule has 0 heterocycles. The lowest BCUT2D eigenvalue weighted by Crippen LogP contribution is -2.15. The van der Waals surface area contributed by atoms with Gasteiger partial charge in [0, 0.05) is 11.4 Å². The summed E-state index contributed by atoms with van der Waals surface area (Å²) < 4.78 is 11.7. The topological polar surface area (TPSA) is 70.5 Å². The highest BCUT2D eigenvalue weighted by atomic mass is 16.5. The average Bonchev–Trinajstić information content (AvgIpc) is 2.60. The Kier molecular flexibility index (Phi) is 7.27. The van der Waals surface area contributed by atoms with Crippen LogP contribution < -0.4 is 20.9 Å². The minimum Gasteiger partial charge on any atom is -0.494 e. The van der Waals surface area contributed by atoms with Crippen LogP contribution in [0, 0.1) is 0 Å². The van der Waals surface area contributed by atoms with E-state index in [2.05, 4.69) is 6.92 Å². The lowest BCUT2D eigenvalue weighted by Gasteiger charge is -2.17.